The largest absolute Gasteiger partial charge is 0.478 e. The highest BCUT2D eigenvalue weighted by Gasteiger charge is 2.07. The van der Waals surface area contributed by atoms with Gasteiger partial charge in [0.1, 0.15) is 0 Å². The predicted molar refractivity (Wildman–Crippen MR) is 94.9 cm³/mol. The Hall–Kier alpha value is -3.05. The van der Waals surface area contributed by atoms with Crippen LogP contribution >= 0.6 is 11.3 Å². The normalized spacial score (nSPS) is 11.9. The summed E-state index contributed by atoms with van der Waals surface area (Å²) in [5, 5.41) is 9.85. The molecule has 0 saturated heterocycles. The van der Waals surface area contributed by atoms with Crippen LogP contribution in [0.3, 0.4) is 0 Å². The summed E-state index contributed by atoms with van der Waals surface area (Å²) < 4.78 is 1.12. The monoisotopic (exact) mass is 332 g/mol. The SMILES string of the molecule is O=C(O)c1cccc(/N=c2\ccc3nc4ccccc4sc-3c2)c1. The first-order chi connectivity index (χ1) is 11.7. The van der Waals surface area contributed by atoms with Gasteiger partial charge in [0.15, 0.2) is 0 Å². The Morgan fingerprint density at radius 3 is 2.75 bits per heavy atom. The van der Waals surface area contributed by atoms with Crippen LogP contribution in [0.2, 0.25) is 0 Å². The van der Waals surface area contributed by atoms with E-state index in [-0.39, 0.29) is 5.56 Å². The van der Waals surface area contributed by atoms with Gasteiger partial charge < -0.3 is 5.11 Å². The molecule has 0 atom stereocenters. The van der Waals surface area contributed by atoms with E-state index < -0.39 is 5.97 Å². The number of fused-ring (bicyclic) bond motifs is 2. The van der Waals surface area contributed by atoms with Gasteiger partial charge >= 0.3 is 5.97 Å². The molecule has 4 nitrogen and oxygen atoms in total. The first kappa shape index (κ1) is 14.5. The number of carboxylic acid groups (broad SMARTS) is 1. The third-order valence-electron chi connectivity index (χ3n) is 3.62. The first-order valence-corrected chi connectivity index (χ1v) is 8.18. The summed E-state index contributed by atoms with van der Waals surface area (Å²) >= 11 is 1.67. The maximum Gasteiger partial charge on any atom is 0.335 e. The molecular weight excluding hydrogens is 320 g/mol. The highest BCUT2D eigenvalue weighted by Crippen LogP contribution is 2.29. The topological polar surface area (TPSA) is 62.5 Å². The third-order valence-corrected chi connectivity index (χ3v) is 4.73. The average molecular weight is 332 g/mol. The standard InChI is InChI=1S/C19H12N2O2S/c22-19(23)12-4-3-5-13(10-12)20-14-8-9-16-18(11-14)24-17-7-2-1-6-15(17)21-16/h1-11H,(H,22,23)/b20-14+. The van der Waals surface area contributed by atoms with Crippen LogP contribution in [0.5, 0.6) is 0 Å². The van der Waals surface area contributed by atoms with Crippen LogP contribution in [0.4, 0.5) is 5.69 Å². The number of nitrogens with zero attached hydrogens (tertiary/aromatic N) is 2. The molecule has 2 aromatic carbocycles. The van der Waals surface area contributed by atoms with E-state index in [1.807, 2.05) is 42.5 Å². The van der Waals surface area contributed by atoms with E-state index in [0.29, 0.717) is 5.69 Å². The summed E-state index contributed by atoms with van der Waals surface area (Å²) in [5.74, 6) is -0.955. The van der Waals surface area contributed by atoms with Crippen LogP contribution in [-0.4, -0.2) is 16.1 Å². The zero-order valence-electron chi connectivity index (χ0n) is 12.5. The summed E-state index contributed by atoms with van der Waals surface area (Å²) in [4.78, 5) is 21.3. The summed E-state index contributed by atoms with van der Waals surface area (Å²) in [6.45, 7) is 0. The predicted octanol–water partition coefficient (Wildman–Crippen LogP) is 4.33. The molecule has 2 aromatic rings. The van der Waals surface area contributed by atoms with E-state index in [4.69, 9.17) is 5.11 Å². The number of carbonyl (C=O) groups is 1. The minimum Gasteiger partial charge on any atom is -0.478 e. The van der Waals surface area contributed by atoms with Gasteiger partial charge in [0.2, 0.25) is 0 Å². The highest BCUT2D eigenvalue weighted by atomic mass is 32.1. The Kier molecular flexibility index (Phi) is 3.55. The van der Waals surface area contributed by atoms with Crippen molar-refractivity contribution >= 4 is 33.2 Å². The van der Waals surface area contributed by atoms with Crippen molar-refractivity contribution in [2.45, 2.75) is 0 Å². The van der Waals surface area contributed by atoms with Crippen molar-refractivity contribution in [2.24, 2.45) is 4.99 Å². The molecule has 0 fully saturated rings. The maximum absolute atomic E-state index is 11.1. The Labute approximate surface area is 141 Å². The van der Waals surface area contributed by atoms with Crippen LogP contribution < -0.4 is 5.36 Å². The molecule has 1 aliphatic heterocycles. The van der Waals surface area contributed by atoms with Gasteiger partial charge in [0, 0.05) is 0 Å². The smallest absolute Gasteiger partial charge is 0.335 e. The summed E-state index contributed by atoms with van der Waals surface area (Å²) in [7, 11) is 0. The van der Waals surface area contributed by atoms with E-state index >= 15 is 0 Å². The van der Waals surface area contributed by atoms with Gasteiger partial charge in [0.25, 0.3) is 0 Å². The summed E-state index contributed by atoms with van der Waals surface area (Å²) in [6.07, 6.45) is 0. The van der Waals surface area contributed by atoms with E-state index in [1.54, 1.807) is 35.6 Å². The molecule has 1 N–H and O–H groups in total. The second-order valence-electron chi connectivity index (χ2n) is 5.30. The van der Waals surface area contributed by atoms with Crippen molar-refractivity contribution in [2.75, 3.05) is 0 Å². The van der Waals surface area contributed by atoms with Crippen molar-refractivity contribution in [3.63, 3.8) is 0 Å². The van der Waals surface area contributed by atoms with Gasteiger partial charge in [0.05, 0.1) is 37.4 Å². The lowest BCUT2D eigenvalue weighted by atomic mass is 10.2. The van der Waals surface area contributed by atoms with Crippen LogP contribution in [0.15, 0.2) is 71.7 Å². The number of rotatable bonds is 2. The van der Waals surface area contributed by atoms with Crippen LogP contribution in [0, 0.1) is 0 Å². The Morgan fingerprint density at radius 2 is 1.88 bits per heavy atom. The van der Waals surface area contributed by atoms with Gasteiger partial charge in [-0.1, -0.05) is 18.2 Å². The van der Waals surface area contributed by atoms with Crippen molar-refractivity contribution in [3.8, 4) is 10.6 Å². The number of aromatic nitrogens is 1. The molecule has 2 aliphatic rings. The number of para-hydroxylation sites is 1. The molecule has 0 aromatic heterocycles. The second kappa shape index (κ2) is 5.86. The molecule has 4 rings (SSSR count). The molecule has 0 bridgehead atoms. The molecule has 5 heteroatoms. The van der Waals surface area contributed by atoms with Crippen LogP contribution in [-0.2, 0) is 0 Å². The maximum atomic E-state index is 11.1. The van der Waals surface area contributed by atoms with Crippen molar-refractivity contribution in [3.05, 3.63) is 77.7 Å². The van der Waals surface area contributed by atoms with Crippen molar-refractivity contribution in [1.82, 2.24) is 4.98 Å². The highest BCUT2D eigenvalue weighted by molar-refractivity contribution is 7.21. The molecule has 1 heterocycles. The Morgan fingerprint density at radius 1 is 1.00 bits per heavy atom. The molecular formula is C19H12N2O2S. The fraction of sp³-hybridized carbons (Fsp3) is 0. The van der Waals surface area contributed by atoms with Crippen molar-refractivity contribution in [1.29, 1.82) is 0 Å². The molecule has 0 radical (unpaired) electrons. The zero-order chi connectivity index (χ0) is 16.5. The average Bonchev–Trinajstić information content (AvgIpc) is 2.60. The number of hydrogen-bond acceptors (Lipinski definition) is 4. The van der Waals surface area contributed by atoms with Crippen LogP contribution in [0.25, 0.3) is 20.8 Å². The lowest BCUT2D eigenvalue weighted by molar-refractivity contribution is 0.0697. The minimum absolute atomic E-state index is 0.229. The summed E-state index contributed by atoms with van der Waals surface area (Å²) in [6, 6.07) is 20.4. The minimum atomic E-state index is -0.955. The molecule has 0 spiro atoms. The fourth-order valence-electron chi connectivity index (χ4n) is 2.49. The Balaban J connectivity index is 1.85. The first-order valence-electron chi connectivity index (χ1n) is 7.37. The number of carboxylic acids is 1. The number of benzene rings is 3. The van der Waals surface area contributed by atoms with Gasteiger partial charge in [-0.3, -0.25) is 0 Å². The van der Waals surface area contributed by atoms with Crippen molar-refractivity contribution < 1.29 is 9.90 Å². The van der Waals surface area contributed by atoms with E-state index in [2.05, 4.69) is 9.98 Å². The third kappa shape index (κ3) is 2.77. The second-order valence-corrected chi connectivity index (χ2v) is 6.38. The molecule has 116 valence electrons. The van der Waals surface area contributed by atoms with Gasteiger partial charge in [-0.05, 0) is 48.5 Å². The van der Waals surface area contributed by atoms with E-state index in [0.717, 1.165) is 26.1 Å². The van der Waals surface area contributed by atoms with Gasteiger partial charge in [-0.2, -0.15) is 0 Å². The molecule has 0 unspecified atom stereocenters. The van der Waals surface area contributed by atoms with E-state index in [9.17, 15) is 4.79 Å². The summed E-state index contributed by atoms with van der Waals surface area (Å²) in [5.41, 5.74) is 2.76. The molecule has 0 saturated carbocycles. The van der Waals surface area contributed by atoms with Crippen LogP contribution in [0.1, 0.15) is 10.4 Å². The Bertz CT molecular complexity index is 1100. The lowest BCUT2D eigenvalue weighted by Crippen LogP contribution is -2.01. The molecule has 24 heavy (non-hydrogen) atoms. The quantitative estimate of drug-likeness (QED) is 0.556. The molecule has 1 aliphatic carbocycles. The fourth-order valence-corrected chi connectivity index (χ4v) is 3.49. The zero-order valence-corrected chi connectivity index (χ0v) is 13.3. The number of aromatic carboxylic acids is 1. The van der Waals surface area contributed by atoms with Gasteiger partial charge in [-0.25, -0.2) is 14.8 Å². The van der Waals surface area contributed by atoms with E-state index in [1.165, 1.54) is 0 Å². The molecule has 0 amide bonds. The van der Waals surface area contributed by atoms with Gasteiger partial charge in [-0.15, -0.1) is 11.3 Å². The number of hydrogen-bond donors (Lipinski definition) is 1. The lowest BCUT2D eigenvalue weighted by Gasteiger charge is -2.05.